The molecule has 0 unspecified atom stereocenters. The molecule has 1 aliphatic heterocycles. The molecule has 1 aromatic heterocycles. The number of aromatic nitrogens is 2. The number of piperidine rings is 1. The SMILES string of the molecule is CCOc1ccc(-c2ccc(SCC(=O)N3CCCCC3)nn2)cc1. The molecule has 0 bridgehead atoms. The smallest absolute Gasteiger partial charge is 0.232 e. The Bertz CT molecular complexity index is 683. The molecular weight excluding hydrogens is 334 g/mol. The number of amides is 1. The van der Waals surface area contributed by atoms with Crippen LogP contribution in [0.3, 0.4) is 0 Å². The molecule has 25 heavy (non-hydrogen) atoms. The zero-order chi connectivity index (χ0) is 17.5. The summed E-state index contributed by atoms with van der Waals surface area (Å²) in [7, 11) is 0. The highest BCUT2D eigenvalue weighted by atomic mass is 32.2. The predicted octanol–water partition coefficient (Wildman–Crippen LogP) is 3.65. The lowest BCUT2D eigenvalue weighted by atomic mass is 10.1. The summed E-state index contributed by atoms with van der Waals surface area (Å²) in [6.07, 6.45) is 3.47. The maximum absolute atomic E-state index is 12.2. The number of benzene rings is 1. The van der Waals surface area contributed by atoms with Crippen molar-refractivity contribution in [3.05, 3.63) is 36.4 Å². The highest BCUT2D eigenvalue weighted by Crippen LogP contribution is 2.22. The summed E-state index contributed by atoms with van der Waals surface area (Å²) in [5, 5.41) is 9.30. The maximum atomic E-state index is 12.2. The molecule has 0 atom stereocenters. The fourth-order valence-corrected chi connectivity index (χ4v) is 3.53. The lowest BCUT2D eigenvalue weighted by Gasteiger charge is -2.26. The zero-order valence-corrected chi connectivity index (χ0v) is 15.3. The van der Waals surface area contributed by atoms with E-state index >= 15 is 0 Å². The van der Waals surface area contributed by atoms with E-state index in [0.29, 0.717) is 12.4 Å². The van der Waals surface area contributed by atoms with E-state index in [-0.39, 0.29) is 5.91 Å². The van der Waals surface area contributed by atoms with Crippen LogP contribution in [0.2, 0.25) is 0 Å². The van der Waals surface area contributed by atoms with Crippen molar-refractivity contribution in [3.8, 4) is 17.0 Å². The minimum absolute atomic E-state index is 0.196. The molecule has 0 spiro atoms. The van der Waals surface area contributed by atoms with Crippen LogP contribution < -0.4 is 4.74 Å². The molecule has 2 heterocycles. The summed E-state index contributed by atoms with van der Waals surface area (Å²) >= 11 is 1.45. The molecule has 0 aliphatic carbocycles. The molecule has 1 aliphatic rings. The minimum Gasteiger partial charge on any atom is -0.494 e. The molecule has 2 aromatic rings. The molecule has 3 rings (SSSR count). The number of nitrogens with zero attached hydrogens (tertiary/aromatic N) is 3. The summed E-state index contributed by atoms with van der Waals surface area (Å²) in [4.78, 5) is 14.1. The zero-order valence-electron chi connectivity index (χ0n) is 14.5. The quantitative estimate of drug-likeness (QED) is 0.739. The Morgan fingerprint density at radius 1 is 1.08 bits per heavy atom. The van der Waals surface area contributed by atoms with Crippen molar-refractivity contribution < 1.29 is 9.53 Å². The minimum atomic E-state index is 0.196. The van der Waals surface area contributed by atoms with E-state index in [1.54, 1.807) is 0 Å². The summed E-state index contributed by atoms with van der Waals surface area (Å²) in [6, 6.07) is 11.7. The van der Waals surface area contributed by atoms with E-state index in [1.807, 2.05) is 48.2 Å². The van der Waals surface area contributed by atoms with Crippen molar-refractivity contribution in [3.63, 3.8) is 0 Å². The molecule has 0 N–H and O–H groups in total. The fraction of sp³-hybridized carbons (Fsp3) is 0.421. The second-order valence-electron chi connectivity index (χ2n) is 5.94. The van der Waals surface area contributed by atoms with Gasteiger partial charge in [0.15, 0.2) is 0 Å². The first kappa shape index (κ1) is 17.7. The van der Waals surface area contributed by atoms with Gasteiger partial charge in [0.2, 0.25) is 5.91 Å². The Morgan fingerprint density at radius 2 is 1.84 bits per heavy atom. The van der Waals surface area contributed by atoms with E-state index in [1.165, 1.54) is 18.2 Å². The van der Waals surface area contributed by atoms with Gasteiger partial charge in [0.05, 0.1) is 18.1 Å². The largest absolute Gasteiger partial charge is 0.494 e. The van der Waals surface area contributed by atoms with Crippen LogP contribution in [0.5, 0.6) is 5.75 Å². The van der Waals surface area contributed by atoms with Crippen LogP contribution in [0.1, 0.15) is 26.2 Å². The van der Waals surface area contributed by atoms with E-state index < -0.39 is 0 Å². The average molecular weight is 357 g/mol. The van der Waals surface area contributed by atoms with Gasteiger partial charge in [-0.2, -0.15) is 0 Å². The number of rotatable bonds is 6. The molecule has 1 aromatic carbocycles. The summed E-state index contributed by atoms with van der Waals surface area (Å²) < 4.78 is 5.44. The number of likely N-dealkylation sites (tertiary alicyclic amines) is 1. The van der Waals surface area contributed by atoms with Gasteiger partial charge in [-0.05, 0) is 62.6 Å². The summed E-state index contributed by atoms with van der Waals surface area (Å²) in [5.41, 5.74) is 1.81. The van der Waals surface area contributed by atoms with Gasteiger partial charge in [0.1, 0.15) is 10.8 Å². The monoisotopic (exact) mass is 357 g/mol. The van der Waals surface area contributed by atoms with Gasteiger partial charge >= 0.3 is 0 Å². The van der Waals surface area contributed by atoms with Crippen LogP contribution in [-0.4, -0.2) is 46.5 Å². The van der Waals surface area contributed by atoms with Gasteiger partial charge in [0.25, 0.3) is 0 Å². The van der Waals surface area contributed by atoms with Crippen LogP contribution in [-0.2, 0) is 4.79 Å². The van der Waals surface area contributed by atoms with Crippen molar-refractivity contribution in [2.75, 3.05) is 25.4 Å². The number of hydrogen-bond acceptors (Lipinski definition) is 5. The van der Waals surface area contributed by atoms with Crippen molar-refractivity contribution in [2.45, 2.75) is 31.2 Å². The second-order valence-corrected chi connectivity index (χ2v) is 6.94. The number of thioether (sulfide) groups is 1. The van der Waals surface area contributed by atoms with Crippen molar-refractivity contribution in [1.82, 2.24) is 15.1 Å². The molecule has 1 amide bonds. The Hall–Kier alpha value is -2.08. The van der Waals surface area contributed by atoms with E-state index in [4.69, 9.17) is 4.74 Å². The Balaban J connectivity index is 1.55. The summed E-state index contributed by atoms with van der Waals surface area (Å²) in [5.74, 6) is 1.47. The highest BCUT2D eigenvalue weighted by molar-refractivity contribution is 7.99. The molecule has 132 valence electrons. The van der Waals surface area contributed by atoms with Gasteiger partial charge in [-0.25, -0.2) is 0 Å². The predicted molar refractivity (Wildman–Crippen MR) is 99.8 cm³/mol. The molecule has 0 saturated carbocycles. The highest BCUT2D eigenvalue weighted by Gasteiger charge is 2.16. The molecule has 1 saturated heterocycles. The molecule has 1 fully saturated rings. The molecule has 0 radical (unpaired) electrons. The van der Waals surface area contributed by atoms with Crippen LogP contribution in [0, 0.1) is 0 Å². The third kappa shape index (κ3) is 4.95. The number of carbonyl (C=O) groups is 1. The fourth-order valence-electron chi connectivity index (χ4n) is 2.81. The van der Waals surface area contributed by atoms with Gasteiger partial charge < -0.3 is 9.64 Å². The Kier molecular flexibility index (Phi) is 6.28. The third-order valence-corrected chi connectivity index (χ3v) is 5.06. The van der Waals surface area contributed by atoms with Gasteiger partial charge in [-0.1, -0.05) is 11.8 Å². The third-order valence-electron chi connectivity index (χ3n) is 4.15. The van der Waals surface area contributed by atoms with Crippen molar-refractivity contribution >= 4 is 17.7 Å². The number of ether oxygens (including phenoxy) is 1. The van der Waals surface area contributed by atoms with E-state index in [2.05, 4.69) is 10.2 Å². The Labute approximate surface area is 152 Å². The van der Waals surface area contributed by atoms with E-state index in [0.717, 1.165) is 48.0 Å². The standard InChI is InChI=1S/C19H23N3O2S/c1-2-24-16-8-6-15(7-9-16)17-10-11-18(21-20-17)25-14-19(23)22-12-4-3-5-13-22/h6-11H,2-5,12-14H2,1H3. The van der Waals surface area contributed by atoms with Crippen molar-refractivity contribution in [2.24, 2.45) is 0 Å². The number of carbonyl (C=O) groups excluding carboxylic acids is 1. The molecule has 5 nitrogen and oxygen atoms in total. The molecule has 6 heteroatoms. The second kappa shape index (κ2) is 8.85. The molecular formula is C19H23N3O2S. The Morgan fingerprint density at radius 3 is 2.48 bits per heavy atom. The number of hydrogen-bond donors (Lipinski definition) is 0. The lowest BCUT2D eigenvalue weighted by molar-refractivity contribution is -0.129. The topological polar surface area (TPSA) is 55.3 Å². The van der Waals surface area contributed by atoms with Crippen LogP contribution in [0.25, 0.3) is 11.3 Å². The summed E-state index contributed by atoms with van der Waals surface area (Å²) in [6.45, 7) is 4.40. The van der Waals surface area contributed by atoms with Crippen LogP contribution in [0.15, 0.2) is 41.4 Å². The van der Waals surface area contributed by atoms with Crippen LogP contribution >= 0.6 is 11.8 Å². The van der Waals surface area contributed by atoms with E-state index in [9.17, 15) is 4.79 Å². The normalized spacial score (nSPS) is 14.4. The van der Waals surface area contributed by atoms with Gasteiger partial charge in [-0.15, -0.1) is 10.2 Å². The van der Waals surface area contributed by atoms with Gasteiger partial charge in [0, 0.05) is 18.7 Å². The maximum Gasteiger partial charge on any atom is 0.232 e. The first-order valence-corrected chi connectivity index (χ1v) is 9.72. The van der Waals surface area contributed by atoms with Crippen molar-refractivity contribution in [1.29, 1.82) is 0 Å². The van der Waals surface area contributed by atoms with Crippen LogP contribution in [0.4, 0.5) is 0 Å². The first-order chi connectivity index (χ1) is 12.3. The first-order valence-electron chi connectivity index (χ1n) is 8.74. The lowest BCUT2D eigenvalue weighted by Crippen LogP contribution is -2.36. The van der Waals surface area contributed by atoms with Gasteiger partial charge in [-0.3, -0.25) is 4.79 Å². The average Bonchev–Trinajstić information content (AvgIpc) is 2.68.